The third kappa shape index (κ3) is 11.0. The number of piperidine rings is 2. The molecule has 0 radical (unpaired) electrons. The van der Waals surface area contributed by atoms with E-state index in [0.29, 0.717) is 54.8 Å². The van der Waals surface area contributed by atoms with Crippen molar-refractivity contribution in [3.05, 3.63) is 70.5 Å². The van der Waals surface area contributed by atoms with E-state index in [2.05, 4.69) is 11.7 Å². The van der Waals surface area contributed by atoms with Crippen LogP contribution in [-0.4, -0.2) is 121 Å². The Morgan fingerprint density at radius 3 is 1.49 bits per heavy atom. The predicted molar refractivity (Wildman–Crippen MR) is 207 cm³/mol. The molecule has 0 saturated carbocycles. The third-order valence-corrected chi connectivity index (χ3v) is 10.6. The summed E-state index contributed by atoms with van der Waals surface area (Å²) in [6.07, 6.45) is 9.43. The Kier molecular flexibility index (Phi) is 18.3. The van der Waals surface area contributed by atoms with Gasteiger partial charge in [0.05, 0.1) is 23.0 Å². The first kappa shape index (κ1) is 48.7. The Morgan fingerprint density at radius 2 is 1.05 bits per heavy atom. The summed E-state index contributed by atoms with van der Waals surface area (Å²) in [6, 6.07) is 5.36. The molecule has 4 aromatic rings. The van der Waals surface area contributed by atoms with Gasteiger partial charge in [-0.2, -0.15) is 7.11 Å². The van der Waals surface area contributed by atoms with Crippen molar-refractivity contribution in [1.29, 1.82) is 0 Å². The normalized spacial score (nSPS) is 15.7. The molecular weight excluding hydrogens is 785 g/mol. The summed E-state index contributed by atoms with van der Waals surface area (Å²) in [4.78, 5) is 67.1. The maximum absolute atomic E-state index is 14.2. The number of aliphatic carboxylic acids is 2. The van der Waals surface area contributed by atoms with Gasteiger partial charge in [0.1, 0.15) is 11.6 Å². The molecule has 8 rings (SSSR count). The number of hydrazine groups is 1. The van der Waals surface area contributed by atoms with Gasteiger partial charge in [-0.15, -0.1) is 0 Å². The van der Waals surface area contributed by atoms with Crippen molar-refractivity contribution in [2.45, 2.75) is 71.1 Å². The summed E-state index contributed by atoms with van der Waals surface area (Å²) < 4.78 is 32.1. The molecule has 2 fully saturated rings. The maximum atomic E-state index is 14.2. The van der Waals surface area contributed by atoms with Crippen LogP contribution in [0, 0.1) is 11.6 Å². The molecule has 0 aliphatic carbocycles. The summed E-state index contributed by atoms with van der Waals surface area (Å²) >= 11 is 0. The molecule has 2 aromatic heterocycles. The summed E-state index contributed by atoms with van der Waals surface area (Å²) in [5.41, 5.74) is 3.38. The van der Waals surface area contributed by atoms with Crippen LogP contribution in [0.15, 0.2) is 36.7 Å². The van der Waals surface area contributed by atoms with Crippen molar-refractivity contribution < 1.29 is 83.1 Å². The van der Waals surface area contributed by atoms with Gasteiger partial charge < -0.3 is 49.5 Å². The van der Waals surface area contributed by atoms with Crippen molar-refractivity contribution in [3.63, 3.8) is 0 Å². The molecule has 316 valence electrons. The van der Waals surface area contributed by atoms with Gasteiger partial charge in [-0.3, -0.25) is 21.3 Å². The quantitative estimate of drug-likeness (QED) is 0.0660. The largest absolute Gasteiger partial charge is 1.00 e. The Balaban J connectivity index is 0.000000282. The first-order chi connectivity index (χ1) is 27.5. The molecule has 6 heterocycles. The maximum Gasteiger partial charge on any atom is 1.00 e. The number of aromatic nitrogens is 2. The molecule has 2 aromatic carbocycles. The molecule has 0 atom stereocenters. The number of carboxylic acid groups (broad SMARTS) is 2. The number of benzene rings is 2. The SMILES string of the molecule is C[O-].NN.O.O=C(O)C(=O)c1cn2c3c(cc(F)cc13)CN(C(=O)N1CCCCC1)CC2.O=C(O)Cc1cn2c3c(cc(F)cc13)CN(C(=O)N1CCCCC1)CC2.[Na+]. The number of halogens is 2. The van der Waals surface area contributed by atoms with E-state index >= 15 is 0 Å². The van der Waals surface area contributed by atoms with Gasteiger partial charge in [0.25, 0.3) is 5.78 Å². The second-order valence-corrected chi connectivity index (χ2v) is 14.2. The van der Waals surface area contributed by atoms with E-state index in [4.69, 9.17) is 15.3 Å². The second-order valence-electron chi connectivity index (χ2n) is 14.2. The van der Waals surface area contributed by atoms with Crippen LogP contribution in [0.25, 0.3) is 21.8 Å². The standard InChI is InChI=1S/C19H20FN3O4.C19H22FN3O3.CH3O.H4N2.Na.H2O/c20-13-8-12-10-23(19(27)21-4-2-1-3-5-21)7-6-22-11-15(17(24)18(25)26)14(9-13)16(12)22;20-15-8-14-12-23(19(26)21-4-2-1-3-5-21)7-6-22-11-13(9-17(24)25)16(10-15)18(14)22;2*1-2;;/h8-9,11H,1-7,10H2,(H,25,26);8,10-11H,1-7,9,12H2,(H,24,25);1H3;1-2H2;;1H2/q;;-1;;+1;. The first-order valence-electron chi connectivity index (χ1n) is 18.9. The fourth-order valence-corrected chi connectivity index (χ4v) is 8.17. The molecule has 8 N–H and O–H groups in total. The van der Waals surface area contributed by atoms with Crippen LogP contribution < -0.4 is 46.3 Å². The van der Waals surface area contributed by atoms with E-state index in [1.54, 1.807) is 20.6 Å². The number of ketones is 1. The Morgan fingerprint density at radius 1 is 0.627 bits per heavy atom. The van der Waals surface area contributed by atoms with Crippen molar-refractivity contribution in [2.24, 2.45) is 11.7 Å². The number of hydrogen-bond donors (Lipinski definition) is 4. The number of carboxylic acids is 2. The van der Waals surface area contributed by atoms with Gasteiger partial charge in [0, 0.05) is 88.6 Å². The second kappa shape index (κ2) is 22.1. The number of nitrogens with two attached hydrogens (primary N) is 2. The number of Topliss-reactive ketones (excluding diaryl/α,β-unsaturated/α-hetero) is 1. The predicted octanol–water partition coefficient (Wildman–Crippen LogP) is -0.727. The minimum Gasteiger partial charge on any atom is -0.857 e. The molecule has 20 heteroatoms. The minimum atomic E-state index is -1.57. The van der Waals surface area contributed by atoms with Gasteiger partial charge in [0.2, 0.25) is 0 Å². The van der Waals surface area contributed by atoms with E-state index in [1.165, 1.54) is 30.5 Å². The number of nitrogens with zero attached hydrogens (tertiary/aromatic N) is 6. The molecule has 17 nitrogen and oxygen atoms in total. The molecule has 0 bridgehead atoms. The summed E-state index contributed by atoms with van der Waals surface area (Å²) in [7, 11) is 0.750. The van der Waals surface area contributed by atoms with E-state index in [-0.39, 0.29) is 71.0 Å². The fourth-order valence-electron chi connectivity index (χ4n) is 8.17. The molecule has 4 aliphatic heterocycles. The zero-order valence-corrected chi connectivity index (χ0v) is 35.4. The molecule has 2 saturated heterocycles. The number of carbonyl (C=O) groups is 5. The first-order valence-corrected chi connectivity index (χ1v) is 18.9. The van der Waals surface area contributed by atoms with Crippen LogP contribution in [0.5, 0.6) is 0 Å². The number of amides is 4. The number of hydrogen-bond acceptors (Lipinski definition) is 8. The van der Waals surface area contributed by atoms with E-state index < -0.39 is 29.4 Å². The van der Waals surface area contributed by atoms with Gasteiger partial charge in [-0.05, 0) is 79.5 Å². The zero-order valence-electron chi connectivity index (χ0n) is 33.4. The van der Waals surface area contributed by atoms with Crippen LogP contribution >= 0.6 is 0 Å². The molecule has 59 heavy (non-hydrogen) atoms. The number of carbonyl (C=O) groups excluding carboxylic acids is 3. The molecular formula is C39H51F2N8NaO9. The van der Waals surface area contributed by atoms with E-state index in [9.17, 15) is 32.8 Å². The minimum absolute atomic E-state index is 0. The van der Waals surface area contributed by atoms with Gasteiger partial charge >= 0.3 is 53.6 Å². The van der Waals surface area contributed by atoms with Gasteiger partial charge in [0.15, 0.2) is 0 Å². The van der Waals surface area contributed by atoms with Crippen LogP contribution in [0.2, 0.25) is 0 Å². The third-order valence-electron chi connectivity index (χ3n) is 10.6. The average molecular weight is 837 g/mol. The smallest absolute Gasteiger partial charge is 0.857 e. The Hall–Kier alpha value is -4.63. The monoisotopic (exact) mass is 836 g/mol. The van der Waals surface area contributed by atoms with Crippen LogP contribution in [0.4, 0.5) is 18.4 Å². The van der Waals surface area contributed by atoms with Crippen molar-refractivity contribution >= 4 is 51.6 Å². The van der Waals surface area contributed by atoms with Gasteiger partial charge in [-0.25, -0.2) is 23.2 Å². The molecule has 4 aliphatic rings. The summed E-state index contributed by atoms with van der Waals surface area (Å²) in [6.45, 7) is 5.54. The number of likely N-dealkylation sites (tertiary alicyclic amines) is 2. The van der Waals surface area contributed by atoms with Crippen molar-refractivity contribution in [2.75, 3.05) is 46.4 Å². The summed E-state index contributed by atoms with van der Waals surface area (Å²) in [5, 5.41) is 27.3. The zero-order chi connectivity index (χ0) is 41.4. The number of urea groups is 2. The summed E-state index contributed by atoms with van der Waals surface area (Å²) in [5.74, 6) is 3.48. The molecule has 0 spiro atoms. The average Bonchev–Trinajstić information content (AvgIpc) is 3.61. The van der Waals surface area contributed by atoms with Crippen LogP contribution in [0.1, 0.15) is 65.6 Å². The Bertz CT molecular complexity index is 2130. The van der Waals surface area contributed by atoms with Crippen LogP contribution in [0.3, 0.4) is 0 Å². The number of rotatable bonds is 4. The topological polar surface area (TPSA) is 255 Å². The molecule has 4 amide bonds. The van der Waals surface area contributed by atoms with Gasteiger partial charge in [-0.1, -0.05) is 0 Å². The van der Waals surface area contributed by atoms with Crippen LogP contribution in [-0.2, 0) is 42.2 Å². The molecule has 0 unspecified atom stereocenters. The van der Waals surface area contributed by atoms with E-state index in [1.807, 2.05) is 14.4 Å². The van der Waals surface area contributed by atoms with Crippen molar-refractivity contribution in [1.82, 2.24) is 28.7 Å². The van der Waals surface area contributed by atoms with E-state index in [0.717, 1.165) is 82.9 Å². The Labute approximate surface area is 361 Å². The fraction of sp³-hybridized carbons (Fsp3) is 0.462. The van der Waals surface area contributed by atoms with Crippen molar-refractivity contribution in [3.8, 4) is 0 Å².